The van der Waals surface area contributed by atoms with Crippen LogP contribution in [0.5, 0.6) is 0 Å². The second-order valence-electron chi connectivity index (χ2n) is 7.87. The van der Waals surface area contributed by atoms with Gasteiger partial charge >= 0.3 is 12.3 Å². The number of alkyl carbamates (subject to hydrolysis) is 1. The zero-order valence-corrected chi connectivity index (χ0v) is 17.4. The lowest BCUT2D eigenvalue weighted by Gasteiger charge is -2.24. The first-order valence-corrected chi connectivity index (χ1v) is 9.26. The van der Waals surface area contributed by atoms with Gasteiger partial charge in [-0.3, -0.25) is 4.79 Å². The Kier molecular flexibility index (Phi) is 8.94. The Morgan fingerprint density at radius 3 is 2.10 bits per heavy atom. The first-order valence-electron chi connectivity index (χ1n) is 9.26. The topological polar surface area (TPSA) is 76.7 Å². The van der Waals surface area contributed by atoms with Crippen LogP contribution in [0.2, 0.25) is 0 Å². The number of amides is 2. The zero-order valence-electron chi connectivity index (χ0n) is 17.4. The summed E-state index contributed by atoms with van der Waals surface area (Å²) in [6.07, 6.45) is -4.94. The molecule has 0 saturated carbocycles. The molecule has 164 valence electrons. The summed E-state index contributed by atoms with van der Waals surface area (Å²) in [7, 11) is 0. The maximum atomic E-state index is 12.3. The van der Waals surface area contributed by atoms with Crippen molar-refractivity contribution in [2.45, 2.75) is 65.6 Å². The average molecular weight is 418 g/mol. The molecule has 0 spiro atoms. The Hall–Kier alpha value is -2.29. The minimum absolute atomic E-state index is 0.142. The SMILES string of the molecule is C[C@H](C(=O)NCc1ccc(COCC(F)(F)F)cc1)[C@@H](C)NC(=O)OC(C)(C)C. The van der Waals surface area contributed by atoms with Crippen molar-refractivity contribution in [2.75, 3.05) is 6.61 Å². The molecule has 0 aliphatic heterocycles. The number of rotatable bonds is 8. The van der Waals surface area contributed by atoms with Crippen LogP contribution in [0.1, 0.15) is 45.7 Å². The van der Waals surface area contributed by atoms with Crippen LogP contribution >= 0.6 is 0 Å². The molecular formula is C20H29F3N2O4. The Morgan fingerprint density at radius 1 is 1.03 bits per heavy atom. The minimum Gasteiger partial charge on any atom is -0.444 e. The normalized spacial score (nSPS) is 14.1. The highest BCUT2D eigenvalue weighted by Crippen LogP contribution is 2.16. The molecule has 0 saturated heterocycles. The molecule has 0 radical (unpaired) electrons. The van der Waals surface area contributed by atoms with Gasteiger partial charge in [0, 0.05) is 12.6 Å². The largest absolute Gasteiger partial charge is 0.444 e. The molecular weight excluding hydrogens is 389 g/mol. The maximum Gasteiger partial charge on any atom is 0.411 e. The third-order valence-electron chi connectivity index (χ3n) is 3.93. The lowest BCUT2D eigenvalue weighted by atomic mass is 10.0. The molecule has 9 heteroatoms. The highest BCUT2D eigenvalue weighted by atomic mass is 19.4. The van der Waals surface area contributed by atoms with E-state index in [0.29, 0.717) is 5.56 Å². The highest BCUT2D eigenvalue weighted by Gasteiger charge is 2.27. The number of carbonyl (C=O) groups excluding carboxylic acids is 2. The molecule has 29 heavy (non-hydrogen) atoms. The molecule has 1 rings (SSSR count). The van der Waals surface area contributed by atoms with E-state index in [9.17, 15) is 22.8 Å². The number of halogens is 3. The van der Waals surface area contributed by atoms with E-state index in [1.807, 2.05) is 0 Å². The highest BCUT2D eigenvalue weighted by molar-refractivity contribution is 5.80. The Balaban J connectivity index is 2.43. The van der Waals surface area contributed by atoms with Crippen LogP contribution in [0, 0.1) is 5.92 Å². The molecule has 2 amide bonds. The van der Waals surface area contributed by atoms with Crippen molar-refractivity contribution in [1.82, 2.24) is 10.6 Å². The summed E-state index contributed by atoms with van der Waals surface area (Å²) in [5, 5.41) is 5.41. The predicted octanol–water partition coefficient (Wildman–Crippen LogP) is 3.93. The second kappa shape index (κ2) is 10.5. The van der Waals surface area contributed by atoms with Gasteiger partial charge in [0.15, 0.2) is 0 Å². The fourth-order valence-corrected chi connectivity index (χ4v) is 2.23. The van der Waals surface area contributed by atoms with Gasteiger partial charge in [0.25, 0.3) is 0 Å². The Morgan fingerprint density at radius 2 is 1.59 bits per heavy atom. The second-order valence-corrected chi connectivity index (χ2v) is 7.87. The summed E-state index contributed by atoms with van der Waals surface area (Å²) in [6, 6.07) is 6.28. The summed E-state index contributed by atoms with van der Waals surface area (Å²) in [5.41, 5.74) is 0.768. The molecule has 0 heterocycles. The first kappa shape index (κ1) is 24.7. The van der Waals surface area contributed by atoms with Gasteiger partial charge in [-0.25, -0.2) is 4.79 Å². The van der Waals surface area contributed by atoms with Crippen LogP contribution in [0.4, 0.5) is 18.0 Å². The van der Waals surface area contributed by atoms with Crippen molar-refractivity contribution in [2.24, 2.45) is 5.92 Å². The van der Waals surface area contributed by atoms with E-state index in [2.05, 4.69) is 15.4 Å². The van der Waals surface area contributed by atoms with Gasteiger partial charge in [0.2, 0.25) is 5.91 Å². The summed E-state index contributed by atoms with van der Waals surface area (Å²) in [5.74, 6) is -0.733. The number of nitrogens with one attached hydrogen (secondary N) is 2. The minimum atomic E-state index is -4.35. The first-order chi connectivity index (χ1) is 13.3. The summed E-state index contributed by atoms with van der Waals surface area (Å²) in [4.78, 5) is 24.1. The smallest absolute Gasteiger partial charge is 0.411 e. The average Bonchev–Trinajstić information content (AvgIpc) is 2.57. The number of benzene rings is 1. The zero-order chi connectivity index (χ0) is 22.2. The molecule has 2 atom stereocenters. The molecule has 0 aliphatic carbocycles. The Labute approximate surface area is 169 Å². The van der Waals surface area contributed by atoms with E-state index >= 15 is 0 Å². The lowest BCUT2D eigenvalue weighted by molar-refractivity contribution is -0.176. The van der Waals surface area contributed by atoms with Gasteiger partial charge in [0.05, 0.1) is 12.5 Å². The quantitative estimate of drug-likeness (QED) is 0.671. The molecule has 6 nitrogen and oxygen atoms in total. The fourth-order valence-electron chi connectivity index (χ4n) is 2.23. The maximum absolute atomic E-state index is 12.3. The molecule has 0 fully saturated rings. The molecule has 1 aromatic rings. The van der Waals surface area contributed by atoms with Gasteiger partial charge in [-0.15, -0.1) is 0 Å². The number of alkyl halides is 3. The summed E-state index contributed by atoms with van der Waals surface area (Å²) >= 11 is 0. The molecule has 0 aromatic heterocycles. The van der Waals surface area contributed by atoms with Crippen molar-refractivity contribution < 1.29 is 32.2 Å². The summed E-state index contributed by atoms with van der Waals surface area (Å²) in [6.45, 7) is 7.48. The van der Waals surface area contributed by atoms with Crippen LogP contribution in [-0.2, 0) is 27.4 Å². The third-order valence-corrected chi connectivity index (χ3v) is 3.93. The standard InChI is InChI=1S/C20H29F3N2O4/c1-13(14(2)25-18(27)29-19(3,4)5)17(26)24-10-15-6-8-16(9-7-15)11-28-12-20(21,22)23/h6-9,13-14H,10-12H2,1-5H3,(H,24,26)(H,25,27)/t13-,14+/m0/s1. The Bertz CT molecular complexity index is 670. The van der Waals surface area contributed by atoms with Crippen LogP contribution in [-0.4, -0.2) is 36.4 Å². The van der Waals surface area contributed by atoms with Gasteiger partial charge in [-0.2, -0.15) is 13.2 Å². The van der Waals surface area contributed by atoms with Crippen LogP contribution in [0.15, 0.2) is 24.3 Å². The number of hydrogen-bond acceptors (Lipinski definition) is 4. The van der Waals surface area contributed by atoms with Gasteiger partial charge in [0.1, 0.15) is 12.2 Å². The van der Waals surface area contributed by atoms with Crippen LogP contribution < -0.4 is 10.6 Å². The van der Waals surface area contributed by atoms with Crippen molar-refractivity contribution in [3.05, 3.63) is 35.4 Å². The molecule has 0 aliphatic rings. The van der Waals surface area contributed by atoms with Crippen LogP contribution in [0.3, 0.4) is 0 Å². The lowest BCUT2D eigenvalue weighted by Crippen LogP contribution is -2.45. The molecule has 1 aromatic carbocycles. The van der Waals surface area contributed by atoms with E-state index in [1.54, 1.807) is 58.9 Å². The van der Waals surface area contributed by atoms with Crippen molar-refractivity contribution in [1.29, 1.82) is 0 Å². The van der Waals surface area contributed by atoms with Crippen LogP contribution in [0.25, 0.3) is 0 Å². The fraction of sp³-hybridized carbons (Fsp3) is 0.600. The van der Waals surface area contributed by atoms with Crippen molar-refractivity contribution in [3.63, 3.8) is 0 Å². The third kappa shape index (κ3) is 10.7. The van der Waals surface area contributed by atoms with Crippen molar-refractivity contribution in [3.8, 4) is 0 Å². The van der Waals surface area contributed by atoms with Crippen molar-refractivity contribution >= 4 is 12.0 Å². The number of ether oxygens (including phenoxy) is 2. The van der Waals surface area contributed by atoms with E-state index in [-0.39, 0.29) is 19.1 Å². The van der Waals surface area contributed by atoms with Gasteiger partial charge in [-0.1, -0.05) is 31.2 Å². The van der Waals surface area contributed by atoms with Gasteiger partial charge in [-0.05, 0) is 38.8 Å². The number of hydrogen-bond donors (Lipinski definition) is 2. The summed E-state index contributed by atoms with van der Waals surface area (Å²) < 4.78 is 46.0. The molecule has 0 bridgehead atoms. The number of carbonyl (C=O) groups is 2. The van der Waals surface area contributed by atoms with E-state index in [1.165, 1.54) is 0 Å². The van der Waals surface area contributed by atoms with E-state index < -0.39 is 36.4 Å². The van der Waals surface area contributed by atoms with E-state index in [4.69, 9.17) is 4.74 Å². The molecule has 0 unspecified atom stereocenters. The van der Waals surface area contributed by atoms with E-state index in [0.717, 1.165) is 5.56 Å². The monoisotopic (exact) mass is 418 g/mol. The van der Waals surface area contributed by atoms with Gasteiger partial charge < -0.3 is 20.1 Å². The predicted molar refractivity (Wildman–Crippen MR) is 102 cm³/mol. The molecule has 2 N–H and O–H groups in total.